The lowest BCUT2D eigenvalue weighted by Crippen LogP contribution is -2.07. The molecule has 0 fully saturated rings. The van der Waals surface area contributed by atoms with Crippen molar-refractivity contribution in [2.45, 2.75) is 13.0 Å². The van der Waals surface area contributed by atoms with Gasteiger partial charge in [-0.3, -0.25) is 0 Å². The molecule has 3 nitrogen and oxygen atoms in total. The van der Waals surface area contributed by atoms with Gasteiger partial charge in [0, 0.05) is 11.7 Å². The number of benzene rings is 2. The highest BCUT2D eigenvalue weighted by atomic mass is 35.5. The largest absolute Gasteiger partial charge is 0.504 e. The van der Waals surface area contributed by atoms with Gasteiger partial charge in [0.25, 0.3) is 0 Å². The van der Waals surface area contributed by atoms with Gasteiger partial charge >= 0.3 is 0 Å². The van der Waals surface area contributed by atoms with Crippen LogP contribution in [0.25, 0.3) is 0 Å². The van der Waals surface area contributed by atoms with Crippen molar-refractivity contribution in [3.63, 3.8) is 0 Å². The van der Waals surface area contributed by atoms with E-state index in [-0.39, 0.29) is 16.8 Å². The predicted octanol–water partition coefficient (Wildman–Crippen LogP) is 4.37. The monoisotopic (exact) mass is 295 g/mol. The van der Waals surface area contributed by atoms with Gasteiger partial charge in [-0.15, -0.1) is 0 Å². The Labute approximate surface area is 122 Å². The van der Waals surface area contributed by atoms with Gasteiger partial charge in [-0.1, -0.05) is 17.7 Å². The van der Waals surface area contributed by atoms with Crippen LogP contribution in [0.3, 0.4) is 0 Å². The van der Waals surface area contributed by atoms with Gasteiger partial charge < -0.3 is 15.2 Å². The molecule has 2 rings (SSSR count). The number of methoxy groups -OCH3 is 1. The molecule has 0 aliphatic carbocycles. The van der Waals surface area contributed by atoms with Crippen LogP contribution >= 0.6 is 11.6 Å². The molecule has 1 unspecified atom stereocenters. The molecule has 0 aliphatic heterocycles. The average Bonchev–Trinajstić information content (AvgIpc) is 2.43. The molecule has 106 valence electrons. The highest BCUT2D eigenvalue weighted by Gasteiger charge is 2.10. The van der Waals surface area contributed by atoms with Gasteiger partial charge in [0.15, 0.2) is 11.5 Å². The van der Waals surface area contributed by atoms with E-state index < -0.39 is 5.82 Å². The minimum atomic E-state index is -0.466. The number of ether oxygens (including phenoxy) is 1. The number of hydrogen-bond donors (Lipinski definition) is 2. The summed E-state index contributed by atoms with van der Waals surface area (Å²) in [6.45, 7) is 1.93. The molecule has 0 radical (unpaired) electrons. The molecule has 2 N–H and O–H groups in total. The van der Waals surface area contributed by atoms with E-state index in [4.69, 9.17) is 16.3 Å². The van der Waals surface area contributed by atoms with Crippen LogP contribution in [-0.4, -0.2) is 12.2 Å². The minimum Gasteiger partial charge on any atom is -0.504 e. The summed E-state index contributed by atoms with van der Waals surface area (Å²) in [7, 11) is 1.49. The van der Waals surface area contributed by atoms with Crippen molar-refractivity contribution < 1.29 is 14.2 Å². The molecular formula is C15H15ClFNO2. The lowest BCUT2D eigenvalue weighted by atomic mass is 10.1. The van der Waals surface area contributed by atoms with Crippen LogP contribution in [0.4, 0.5) is 10.1 Å². The first-order valence-electron chi connectivity index (χ1n) is 6.09. The van der Waals surface area contributed by atoms with E-state index >= 15 is 0 Å². The third kappa shape index (κ3) is 3.14. The third-order valence-electron chi connectivity index (χ3n) is 3.01. The summed E-state index contributed by atoms with van der Waals surface area (Å²) in [5.74, 6) is 0.0200. The van der Waals surface area contributed by atoms with Crippen LogP contribution < -0.4 is 10.1 Å². The normalized spacial score (nSPS) is 12.0. The van der Waals surface area contributed by atoms with E-state index in [1.54, 1.807) is 24.3 Å². The number of nitrogens with one attached hydrogen (secondary N) is 1. The zero-order chi connectivity index (χ0) is 14.7. The second-order valence-corrected chi connectivity index (χ2v) is 4.83. The lowest BCUT2D eigenvalue weighted by Gasteiger charge is -2.17. The quantitative estimate of drug-likeness (QED) is 0.880. The first kappa shape index (κ1) is 14.5. The number of hydrogen-bond acceptors (Lipinski definition) is 3. The molecule has 0 aromatic heterocycles. The number of phenols is 1. The van der Waals surface area contributed by atoms with Crippen LogP contribution in [-0.2, 0) is 0 Å². The van der Waals surface area contributed by atoms with E-state index in [1.165, 1.54) is 19.2 Å². The Morgan fingerprint density at radius 3 is 2.65 bits per heavy atom. The molecule has 0 saturated carbocycles. The maximum absolute atomic E-state index is 13.4. The number of aromatic hydroxyl groups is 1. The van der Waals surface area contributed by atoms with E-state index in [2.05, 4.69) is 5.32 Å². The fraction of sp³-hybridized carbons (Fsp3) is 0.200. The maximum atomic E-state index is 13.4. The van der Waals surface area contributed by atoms with Gasteiger partial charge in [-0.25, -0.2) is 4.39 Å². The molecule has 0 saturated heterocycles. The standard InChI is InChI=1S/C15H15ClFNO2/c1-9(10-3-6-14(19)15(7-10)20-2)18-11-4-5-12(16)13(17)8-11/h3-9,18-19H,1-2H3. The zero-order valence-electron chi connectivity index (χ0n) is 11.2. The second kappa shape index (κ2) is 6.01. The topological polar surface area (TPSA) is 41.5 Å². The summed E-state index contributed by atoms with van der Waals surface area (Å²) >= 11 is 5.64. The zero-order valence-corrected chi connectivity index (χ0v) is 11.9. The third-order valence-corrected chi connectivity index (χ3v) is 3.31. The molecule has 1 atom stereocenters. The fourth-order valence-corrected chi connectivity index (χ4v) is 2.00. The van der Waals surface area contributed by atoms with Crippen molar-refractivity contribution in [3.05, 3.63) is 52.8 Å². The SMILES string of the molecule is COc1cc(C(C)Nc2ccc(Cl)c(F)c2)ccc1O. The summed E-state index contributed by atoms with van der Waals surface area (Å²) in [5, 5.41) is 12.8. The molecular weight excluding hydrogens is 281 g/mol. The van der Waals surface area contributed by atoms with Crippen LogP contribution in [0, 0.1) is 5.82 Å². The van der Waals surface area contributed by atoms with E-state index in [0.717, 1.165) is 5.56 Å². The van der Waals surface area contributed by atoms with Crippen molar-refractivity contribution >= 4 is 17.3 Å². The first-order valence-corrected chi connectivity index (χ1v) is 6.47. The highest BCUT2D eigenvalue weighted by Crippen LogP contribution is 2.30. The van der Waals surface area contributed by atoms with Gasteiger partial charge in [0.2, 0.25) is 0 Å². The van der Waals surface area contributed by atoms with Gasteiger partial charge in [0.05, 0.1) is 12.1 Å². The predicted molar refractivity (Wildman–Crippen MR) is 78.1 cm³/mol. The van der Waals surface area contributed by atoms with Crippen molar-refractivity contribution in [2.75, 3.05) is 12.4 Å². The number of phenolic OH excluding ortho intramolecular Hbond substituents is 1. The molecule has 0 spiro atoms. The Kier molecular flexibility index (Phi) is 4.35. The smallest absolute Gasteiger partial charge is 0.160 e. The highest BCUT2D eigenvalue weighted by molar-refractivity contribution is 6.30. The van der Waals surface area contributed by atoms with Crippen LogP contribution in [0.1, 0.15) is 18.5 Å². The molecule has 0 heterocycles. The molecule has 2 aromatic carbocycles. The Morgan fingerprint density at radius 1 is 1.25 bits per heavy atom. The second-order valence-electron chi connectivity index (χ2n) is 4.43. The summed E-state index contributed by atoms with van der Waals surface area (Å²) in [4.78, 5) is 0. The Morgan fingerprint density at radius 2 is 2.00 bits per heavy atom. The summed E-state index contributed by atoms with van der Waals surface area (Å²) in [6.07, 6.45) is 0. The van der Waals surface area contributed by atoms with Crippen molar-refractivity contribution in [3.8, 4) is 11.5 Å². The van der Waals surface area contributed by atoms with Crippen molar-refractivity contribution in [1.82, 2.24) is 0 Å². The Hall–Kier alpha value is -1.94. The maximum Gasteiger partial charge on any atom is 0.160 e. The summed E-state index contributed by atoms with van der Waals surface area (Å²) in [6, 6.07) is 9.56. The van der Waals surface area contributed by atoms with Gasteiger partial charge in [-0.05, 0) is 42.8 Å². The Balaban J connectivity index is 2.19. The summed E-state index contributed by atoms with van der Waals surface area (Å²) in [5.41, 5.74) is 1.54. The Bertz CT molecular complexity index is 619. The number of anilines is 1. The average molecular weight is 296 g/mol. The molecule has 2 aromatic rings. The fourth-order valence-electron chi connectivity index (χ4n) is 1.88. The van der Waals surface area contributed by atoms with E-state index in [1.807, 2.05) is 6.92 Å². The molecule has 0 aliphatic rings. The number of halogens is 2. The lowest BCUT2D eigenvalue weighted by molar-refractivity contribution is 0.373. The molecule has 5 heteroatoms. The van der Waals surface area contributed by atoms with Gasteiger partial charge in [-0.2, -0.15) is 0 Å². The van der Waals surface area contributed by atoms with Crippen LogP contribution in [0.5, 0.6) is 11.5 Å². The van der Waals surface area contributed by atoms with E-state index in [9.17, 15) is 9.50 Å². The van der Waals surface area contributed by atoms with Crippen LogP contribution in [0.2, 0.25) is 5.02 Å². The number of rotatable bonds is 4. The van der Waals surface area contributed by atoms with Crippen LogP contribution in [0.15, 0.2) is 36.4 Å². The first-order chi connectivity index (χ1) is 9.51. The molecule has 0 amide bonds. The van der Waals surface area contributed by atoms with Crippen molar-refractivity contribution in [1.29, 1.82) is 0 Å². The molecule has 0 bridgehead atoms. The minimum absolute atomic E-state index is 0.0786. The van der Waals surface area contributed by atoms with Gasteiger partial charge in [0.1, 0.15) is 5.82 Å². The summed E-state index contributed by atoms with van der Waals surface area (Å²) < 4.78 is 18.4. The van der Waals surface area contributed by atoms with Crippen molar-refractivity contribution in [2.24, 2.45) is 0 Å². The van der Waals surface area contributed by atoms with E-state index in [0.29, 0.717) is 11.4 Å². The molecule has 20 heavy (non-hydrogen) atoms.